The van der Waals surface area contributed by atoms with Crippen molar-refractivity contribution in [1.29, 1.82) is 5.26 Å². The summed E-state index contributed by atoms with van der Waals surface area (Å²) in [7, 11) is 0. The molecule has 3 nitrogen and oxygen atoms in total. The van der Waals surface area contributed by atoms with Crippen LogP contribution in [0.3, 0.4) is 0 Å². The fourth-order valence-corrected chi connectivity index (χ4v) is 3.54. The number of hydrogen-bond donors (Lipinski definition) is 0. The minimum absolute atomic E-state index is 0.0226. The quantitative estimate of drug-likeness (QED) is 0.739. The van der Waals surface area contributed by atoms with Crippen molar-refractivity contribution < 1.29 is 26.3 Å². The van der Waals surface area contributed by atoms with Gasteiger partial charge in [0.15, 0.2) is 0 Å². The summed E-state index contributed by atoms with van der Waals surface area (Å²) >= 11 is 0.386. The highest BCUT2D eigenvalue weighted by Crippen LogP contribution is 2.46. The Hall–Kier alpha value is -1.89. The molecule has 24 heavy (non-hydrogen) atoms. The molecule has 2 atom stereocenters. The van der Waals surface area contributed by atoms with Gasteiger partial charge in [-0.3, -0.25) is 0 Å². The van der Waals surface area contributed by atoms with Crippen LogP contribution in [-0.4, -0.2) is 27.0 Å². The monoisotopic (exact) mass is 367 g/mol. The Morgan fingerprint density at radius 1 is 1.33 bits per heavy atom. The van der Waals surface area contributed by atoms with Gasteiger partial charge in [0.05, 0.1) is 28.2 Å². The van der Waals surface area contributed by atoms with E-state index in [9.17, 15) is 31.6 Å². The molecule has 0 N–H and O–H groups in total. The van der Waals surface area contributed by atoms with Crippen LogP contribution in [0.2, 0.25) is 0 Å². The van der Waals surface area contributed by atoms with Crippen molar-refractivity contribution in [2.45, 2.75) is 24.7 Å². The molecule has 2 unspecified atom stereocenters. The molecule has 0 spiro atoms. The third-order valence-electron chi connectivity index (χ3n) is 3.38. The smallest absolute Gasteiger partial charge is 0.197 e. The minimum atomic E-state index is -4.82. The highest BCUT2D eigenvalue weighted by atomic mass is 32.2. The summed E-state index contributed by atoms with van der Waals surface area (Å²) in [5, 5.41) is 11.4. The largest absolute Gasteiger partial charge is 0.505 e. The molecule has 0 saturated heterocycles. The first-order valence-electron chi connectivity index (χ1n) is 6.58. The number of allylic oxidation sites excluding steroid dienone is 3. The van der Waals surface area contributed by atoms with Gasteiger partial charge in [0.2, 0.25) is 0 Å². The third-order valence-corrected chi connectivity index (χ3v) is 4.95. The number of hydrogen-bond acceptors (Lipinski definition) is 3. The average Bonchev–Trinajstić information content (AvgIpc) is 2.94. The Morgan fingerprint density at radius 3 is 2.54 bits per heavy atom. The van der Waals surface area contributed by atoms with Crippen LogP contribution < -0.4 is 0 Å². The van der Waals surface area contributed by atoms with E-state index in [0.717, 1.165) is 12.3 Å². The van der Waals surface area contributed by atoms with Gasteiger partial charge in [0.25, 0.3) is 0 Å². The van der Waals surface area contributed by atoms with Crippen LogP contribution >= 0.6 is 11.8 Å². The number of thioether (sulfide) groups is 1. The molecule has 0 aliphatic heterocycles. The zero-order chi connectivity index (χ0) is 18.2. The zero-order valence-electron chi connectivity index (χ0n) is 12.2. The topological polar surface area (TPSA) is 41.6 Å². The predicted octanol–water partition coefficient (Wildman–Crippen LogP) is 4.51. The molecule has 0 radical (unpaired) electrons. The van der Waals surface area contributed by atoms with Gasteiger partial charge in [-0.2, -0.15) is 28.2 Å². The van der Waals surface area contributed by atoms with Crippen LogP contribution in [0.15, 0.2) is 30.5 Å². The van der Waals surface area contributed by atoms with E-state index in [-0.39, 0.29) is 15.9 Å². The molecule has 130 valence electrons. The summed E-state index contributed by atoms with van der Waals surface area (Å²) in [6.07, 6.45) is -4.36. The van der Waals surface area contributed by atoms with Crippen molar-refractivity contribution in [3.05, 3.63) is 36.2 Å². The maximum absolute atomic E-state index is 13.0. The van der Waals surface area contributed by atoms with E-state index >= 15 is 0 Å². The van der Waals surface area contributed by atoms with Gasteiger partial charge >= 0.3 is 12.5 Å². The average molecular weight is 367 g/mol. The summed E-state index contributed by atoms with van der Waals surface area (Å²) in [6, 6.07) is 2.96. The molecule has 0 fully saturated rings. The summed E-state index contributed by atoms with van der Waals surface area (Å²) < 4.78 is 76.5. The Kier molecular flexibility index (Phi) is 4.77. The van der Waals surface area contributed by atoms with E-state index in [2.05, 4.69) is 5.10 Å². The van der Waals surface area contributed by atoms with Gasteiger partial charge in [-0.15, -0.1) is 24.9 Å². The first kappa shape index (κ1) is 18.4. The Balaban J connectivity index is 2.47. The van der Waals surface area contributed by atoms with Gasteiger partial charge < -0.3 is 0 Å². The molecule has 1 aromatic rings. The van der Waals surface area contributed by atoms with Crippen LogP contribution in [-0.2, 0) is 6.30 Å². The molecule has 1 aliphatic rings. The summed E-state index contributed by atoms with van der Waals surface area (Å²) in [4.78, 5) is 0. The Labute approximate surface area is 137 Å². The maximum atomic E-state index is 13.0. The van der Waals surface area contributed by atoms with Crippen LogP contribution in [0, 0.1) is 16.7 Å². The van der Waals surface area contributed by atoms with Crippen molar-refractivity contribution in [3.63, 3.8) is 0 Å². The lowest BCUT2D eigenvalue weighted by atomic mass is 9.80. The molecule has 2 rings (SSSR count). The lowest BCUT2D eigenvalue weighted by Crippen LogP contribution is -2.33. The van der Waals surface area contributed by atoms with E-state index in [0.29, 0.717) is 11.8 Å². The Bertz CT molecular complexity index is 709. The summed E-state index contributed by atoms with van der Waals surface area (Å²) in [6.45, 7) is 1.39. The molecular formula is C14H11F6N3S. The van der Waals surface area contributed by atoms with Gasteiger partial charge in [0, 0.05) is 6.20 Å². The highest BCUT2D eigenvalue weighted by molar-refractivity contribution is 8.00. The second-order valence-corrected chi connectivity index (χ2v) is 6.37. The van der Waals surface area contributed by atoms with Crippen LogP contribution in [0.25, 0.3) is 5.57 Å². The van der Waals surface area contributed by atoms with Gasteiger partial charge in [-0.1, -0.05) is 18.2 Å². The van der Waals surface area contributed by atoms with Gasteiger partial charge in [0.1, 0.15) is 0 Å². The fourth-order valence-electron chi connectivity index (χ4n) is 2.33. The van der Waals surface area contributed by atoms with Crippen LogP contribution in [0.5, 0.6) is 0 Å². The number of rotatable bonds is 3. The second-order valence-electron chi connectivity index (χ2n) is 5.28. The van der Waals surface area contributed by atoms with Crippen LogP contribution in [0.4, 0.5) is 26.3 Å². The van der Waals surface area contributed by atoms with Gasteiger partial charge in [-0.25, -0.2) is 0 Å². The van der Waals surface area contributed by atoms with E-state index in [4.69, 9.17) is 0 Å². The summed E-state index contributed by atoms with van der Waals surface area (Å²) in [5.41, 5.74) is -1.78. The van der Waals surface area contributed by atoms with E-state index in [1.54, 1.807) is 0 Å². The maximum Gasteiger partial charge on any atom is 0.505 e. The molecule has 1 aromatic heterocycles. The minimum Gasteiger partial charge on any atom is -0.197 e. The van der Waals surface area contributed by atoms with E-state index < -0.39 is 28.9 Å². The molecule has 0 saturated carbocycles. The van der Waals surface area contributed by atoms with E-state index in [1.807, 2.05) is 6.07 Å². The molecule has 1 aliphatic carbocycles. The lowest BCUT2D eigenvalue weighted by Gasteiger charge is -2.33. The number of alkyl halides is 6. The van der Waals surface area contributed by atoms with Crippen molar-refractivity contribution >= 4 is 17.3 Å². The summed E-state index contributed by atoms with van der Waals surface area (Å²) in [5.74, 6) is -1.28. The first-order chi connectivity index (χ1) is 11.0. The van der Waals surface area contributed by atoms with Crippen LogP contribution in [0.1, 0.15) is 12.6 Å². The second kappa shape index (κ2) is 6.20. The predicted molar refractivity (Wildman–Crippen MR) is 76.7 cm³/mol. The number of nitriles is 1. The molecule has 1 heterocycles. The molecule has 0 aromatic carbocycles. The normalized spacial score (nSPS) is 24.6. The third kappa shape index (κ3) is 3.77. The van der Waals surface area contributed by atoms with Crippen molar-refractivity contribution in [2.75, 3.05) is 5.75 Å². The molecule has 10 heteroatoms. The van der Waals surface area contributed by atoms with Gasteiger partial charge in [-0.05, 0) is 18.6 Å². The van der Waals surface area contributed by atoms with E-state index in [1.165, 1.54) is 25.2 Å². The highest BCUT2D eigenvalue weighted by Gasteiger charge is 2.43. The Morgan fingerprint density at radius 2 is 2.00 bits per heavy atom. The fraction of sp³-hybridized carbons (Fsp3) is 0.429. The first-order valence-corrected chi connectivity index (χ1v) is 7.63. The number of nitrogens with zero attached hydrogens (tertiary/aromatic N) is 3. The SMILES string of the molecule is CC1(C#N)C=CC=C(c2ccnn2C(F)(F)F)C1SCC(F)(F)F. The molecule has 0 bridgehead atoms. The molecular weight excluding hydrogens is 356 g/mol. The number of halogens is 6. The lowest BCUT2D eigenvalue weighted by molar-refractivity contribution is -0.212. The zero-order valence-corrected chi connectivity index (χ0v) is 13.0. The molecule has 0 amide bonds. The van der Waals surface area contributed by atoms with Crippen molar-refractivity contribution in [3.8, 4) is 6.07 Å². The number of aromatic nitrogens is 2. The van der Waals surface area contributed by atoms with Crippen molar-refractivity contribution in [2.24, 2.45) is 5.41 Å². The van der Waals surface area contributed by atoms with Crippen molar-refractivity contribution in [1.82, 2.24) is 9.78 Å². The standard InChI is InChI=1S/C14H11F6N3S/c1-12(7-21)5-2-3-9(11(12)24-8-13(15,16)17)10-4-6-22-23(10)14(18,19)20/h2-6,11H,8H2,1H3.